The first-order valence-corrected chi connectivity index (χ1v) is 6.30. The molecule has 3 rings (SSSR count). The molecule has 0 aliphatic rings. The third-order valence-corrected chi connectivity index (χ3v) is 2.91. The van der Waals surface area contributed by atoms with Gasteiger partial charge in [0.25, 0.3) is 5.56 Å². The van der Waals surface area contributed by atoms with E-state index in [4.69, 9.17) is 0 Å². The summed E-state index contributed by atoms with van der Waals surface area (Å²) in [5, 5.41) is 9.85. The summed E-state index contributed by atoms with van der Waals surface area (Å²) in [6.45, 7) is 0. The maximum absolute atomic E-state index is 11.5. The van der Waals surface area contributed by atoms with Crippen molar-refractivity contribution in [2.24, 2.45) is 0 Å². The van der Waals surface area contributed by atoms with Gasteiger partial charge in [-0.1, -0.05) is 48.5 Å². The van der Waals surface area contributed by atoms with Crippen LogP contribution in [0.25, 0.3) is 11.3 Å². The molecule has 0 atom stereocenters. The van der Waals surface area contributed by atoms with Crippen LogP contribution in [0.1, 0.15) is 0 Å². The minimum atomic E-state index is -0.233. The zero-order valence-corrected chi connectivity index (χ0v) is 10.7. The zero-order valence-electron chi connectivity index (χ0n) is 10.7. The molecule has 2 aromatic carbocycles. The van der Waals surface area contributed by atoms with Crippen molar-refractivity contribution in [3.8, 4) is 11.3 Å². The van der Waals surface area contributed by atoms with Gasteiger partial charge in [0.15, 0.2) is 0 Å². The predicted molar refractivity (Wildman–Crippen MR) is 80.0 cm³/mol. The third-order valence-electron chi connectivity index (χ3n) is 2.91. The number of anilines is 2. The lowest BCUT2D eigenvalue weighted by atomic mass is 10.1. The van der Waals surface area contributed by atoms with E-state index >= 15 is 0 Å². The molecule has 0 aliphatic carbocycles. The minimum Gasteiger partial charge on any atom is -0.354 e. The normalized spacial score (nSPS) is 10.2. The standard InChI is InChI=1S/C16H13N3O/c20-15-11-14(17-13-9-5-2-6-10-13)16(19-18-15)12-7-3-1-4-8-12/h1-11H,(H2,17,18,20). The molecule has 0 radical (unpaired) electrons. The Morgan fingerprint density at radius 1 is 0.900 bits per heavy atom. The first kappa shape index (κ1) is 12.2. The van der Waals surface area contributed by atoms with Gasteiger partial charge in [0.1, 0.15) is 5.69 Å². The van der Waals surface area contributed by atoms with E-state index in [-0.39, 0.29) is 5.56 Å². The Hall–Kier alpha value is -2.88. The van der Waals surface area contributed by atoms with Crippen LogP contribution in [0.15, 0.2) is 71.5 Å². The molecule has 3 aromatic rings. The van der Waals surface area contributed by atoms with Crippen LogP contribution in [0.4, 0.5) is 11.4 Å². The van der Waals surface area contributed by atoms with E-state index in [0.29, 0.717) is 11.4 Å². The van der Waals surface area contributed by atoms with Crippen LogP contribution in [0.2, 0.25) is 0 Å². The summed E-state index contributed by atoms with van der Waals surface area (Å²) in [6.07, 6.45) is 0. The second kappa shape index (κ2) is 5.40. The van der Waals surface area contributed by atoms with Gasteiger partial charge in [0, 0.05) is 17.3 Å². The second-order valence-electron chi connectivity index (χ2n) is 4.35. The first-order chi connectivity index (χ1) is 9.83. The highest BCUT2D eigenvalue weighted by Crippen LogP contribution is 2.26. The quantitative estimate of drug-likeness (QED) is 0.763. The van der Waals surface area contributed by atoms with Gasteiger partial charge in [-0.05, 0) is 12.1 Å². The van der Waals surface area contributed by atoms with E-state index in [0.717, 1.165) is 11.3 Å². The van der Waals surface area contributed by atoms with E-state index in [1.807, 2.05) is 60.7 Å². The maximum Gasteiger partial charge on any atom is 0.266 e. The molecule has 0 unspecified atom stereocenters. The summed E-state index contributed by atoms with van der Waals surface area (Å²) in [7, 11) is 0. The van der Waals surface area contributed by atoms with Crippen LogP contribution in [-0.2, 0) is 0 Å². The summed E-state index contributed by atoms with van der Waals surface area (Å²) in [5.74, 6) is 0. The number of aromatic amines is 1. The topological polar surface area (TPSA) is 57.8 Å². The SMILES string of the molecule is O=c1cc(Nc2ccccc2)c(-c2ccccc2)n[nH]1. The fourth-order valence-corrected chi connectivity index (χ4v) is 1.99. The summed E-state index contributed by atoms with van der Waals surface area (Å²) >= 11 is 0. The largest absolute Gasteiger partial charge is 0.354 e. The molecule has 98 valence electrons. The van der Waals surface area contributed by atoms with E-state index in [1.165, 1.54) is 6.07 Å². The highest BCUT2D eigenvalue weighted by Gasteiger charge is 2.08. The van der Waals surface area contributed by atoms with Crippen molar-refractivity contribution < 1.29 is 0 Å². The van der Waals surface area contributed by atoms with Crippen molar-refractivity contribution in [1.82, 2.24) is 10.2 Å². The Labute approximate surface area is 116 Å². The number of H-pyrrole nitrogens is 1. The third kappa shape index (κ3) is 2.59. The smallest absolute Gasteiger partial charge is 0.266 e. The molecule has 0 saturated heterocycles. The van der Waals surface area contributed by atoms with E-state index in [9.17, 15) is 4.79 Å². The van der Waals surface area contributed by atoms with Crippen molar-refractivity contribution in [3.63, 3.8) is 0 Å². The zero-order chi connectivity index (χ0) is 13.8. The highest BCUT2D eigenvalue weighted by atomic mass is 16.1. The number of hydrogen-bond donors (Lipinski definition) is 2. The van der Waals surface area contributed by atoms with E-state index in [1.54, 1.807) is 0 Å². The van der Waals surface area contributed by atoms with Crippen LogP contribution in [-0.4, -0.2) is 10.2 Å². The Balaban J connectivity index is 2.06. The van der Waals surface area contributed by atoms with E-state index < -0.39 is 0 Å². The summed E-state index contributed by atoms with van der Waals surface area (Å²) in [6, 6.07) is 20.9. The molecule has 0 aliphatic heterocycles. The van der Waals surface area contributed by atoms with Crippen LogP contribution in [0.5, 0.6) is 0 Å². The number of aromatic nitrogens is 2. The molecule has 0 fully saturated rings. The lowest BCUT2D eigenvalue weighted by Gasteiger charge is -2.10. The average Bonchev–Trinajstić information content (AvgIpc) is 2.49. The fourth-order valence-electron chi connectivity index (χ4n) is 1.99. The second-order valence-corrected chi connectivity index (χ2v) is 4.35. The van der Waals surface area contributed by atoms with Crippen LogP contribution in [0, 0.1) is 0 Å². The molecular formula is C16H13N3O. The molecule has 4 nitrogen and oxygen atoms in total. The highest BCUT2D eigenvalue weighted by molar-refractivity contribution is 5.77. The molecular weight excluding hydrogens is 250 g/mol. The molecule has 0 spiro atoms. The van der Waals surface area contributed by atoms with E-state index in [2.05, 4.69) is 15.5 Å². The van der Waals surface area contributed by atoms with Gasteiger partial charge in [0.2, 0.25) is 0 Å². The maximum atomic E-state index is 11.5. The van der Waals surface area contributed by atoms with Crippen LogP contribution in [0.3, 0.4) is 0 Å². The molecule has 4 heteroatoms. The molecule has 0 amide bonds. The van der Waals surface area contributed by atoms with Crippen molar-refractivity contribution >= 4 is 11.4 Å². The summed E-state index contributed by atoms with van der Waals surface area (Å²) in [5.41, 5.74) is 3.03. The van der Waals surface area contributed by atoms with Crippen LogP contribution < -0.4 is 10.9 Å². The van der Waals surface area contributed by atoms with Gasteiger partial charge < -0.3 is 5.32 Å². The fraction of sp³-hybridized carbons (Fsp3) is 0. The molecule has 1 heterocycles. The van der Waals surface area contributed by atoms with Crippen LogP contribution >= 0.6 is 0 Å². The Bertz CT molecular complexity index is 751. The lowest BCUT2D eigenvalue weighted by molar-refractivity contribution is 0.997. The Kier molecular flexibility index (Phi) is 3.29. The van der Waals surface area contributed by atoms with Gasteiger partial charge in [-0.3, -0.25) is 4.79 Å². The lowest BCUT2D eigenvalue weighted by Crippen LogP contribution is -2.09. The molecule has 20 heavy (non-hydrogen) atoms. The van der Waals surface area contributed by atoms with Gasteiger partial charge in [-0.15, -0.1) is 0 Å². The molecule has 0 bridgehead atoms. The van der Waals surface area contributed by atoms with Crippen molar-refractivity contribution in [2.75, 3.05) is 5.32 Å². The summed E-state index contributed by atoms with van der Waals surface area (Å²) < 4.78 is 0. The molecule has 2 N–H and O–H groups in total. The van der Waals surface area contributed by atoms with Crippen molar-refractivity contribution in [3.05, 3.63) is 77.1 Å². The monoisotopic (exact) mass is 263 g/mol. The van der Waals surface area contributed by atoms with Gasteiger partial charge in [-0.2, -0.15) is 5.10 Å². The van der Waals surface area contributed by atoms with Gasteiger partial charge in [-0.25, -0.2) is 5.10 Å². The Morgan fingerprint density at radius 2 is 1.55 bits per heavy atom. The van der Waals surface area contributed by atoms with Crippen molar-refractivity contribution in [2.45, 2.75) is 0 Å². The molecule has 1 aromatic heterocycles. The number of rotatable bonds is 3. The number of nitrogens with one attached hydrogen (secondary N) is 2. The van der Waals surface area contributed by atoms with Crippen molar-refractivity contribution in [1.29, 1.82) is 0 Å². The van der Waals surface area contributed by atoms with Gasteiger partial charge >= 0.3 is 0 Å². The average molecular weight is 263 g/mol. The number of para-hydroxylation sites is 1. The summed E-state index contributed by atoms with van der Waals surface area (Å²) in [4.78, 5) is 11.5. The number of nitrogens with zero attached hydrogens (tertiary/aromatic N) is 1. The predicted octanol–water partition coefficient (Wildman–Crippen LogP) is 3.18. The number of benzene rings is 2. The minimum absolute atomic E-state index is 0.233. The Morgan fingerprint density at radius 3 is 2.25 bits per heavy atom. The number of hydrogen-bond acceptors (Lipinski definition) is 3. The van der Waals surface area contributed by atoms with Gasteiger partial charge in [0.05, 0.1) is 5.69 Å². The first-order valence-electron chi connectivity index (χ1n) is 6.30. The molecule has 0 saturated carbocycles.